The molecule has 0 spiro atoms. The molecule has 4 aromatic rings. The molecule has 0 aromatic heterocycles. The van der Waals surface area contributed by atoms with E-state index in [4.69, 9.17) is 18.9 Å². The zero-order valence-electron chi connectivity index (χ0n) is 28.4. The Morgan fingerprint density at radius 1 is 0.674 bits per heavy atom. The molecule has 4 rings (SSSR count). The molecule has 0 radical (unpaired) electrons. The number of esters is 1. The summed E-state index contributed by atoms with van der Waals surface area (Å²) in [6, 6.07) is 24.1. The Balaban J connectivity index is 1.54. The van der Waals surface area contributed by atoms with E-state index in [0.29, 0.717) is 23.7 Å². The third kappa shape index (κ3) is 7.79. The normalized spacial score (nSPS) is 12.3. The van der Waals surface area contributed by atoms with Crippen molar-refractivity contribution >= 4 is 12.1 Å². The number of hydrogen-bond donors (Lipinski definition) is 0. The third-order valence-electron chi connectivity index (χ3n) is 8.68. The van der Waals surface area contributed by atoms with E-state index < -0.39 is 6.16 Å². The molecule has 4 aromatic carbocycles. The highest BCUT2D eigenvalue weighted by Gasteiger charge is 2.28. The summed E-state index contributed by atoms with van der Waals surface area (Å²) in [5.41, 5.74) is 7.75. The Bertz CT molecular complexity index is 1670. The van der Waals surface area contributed by atoms with Crippen LogP contribution >= 0.6 is 0 Å². The molecular weight excluding hydrogens is 576 g/mol. The number of carbonyl (C=O) groups excluding carboxylic acids is 2. The number of benzene rings is 4. The van der Waals surface area contributed by atoms with Crippen LogP contribution in [-0.2, 0) is 23.1 Å². The molecule has 0 fully saturated rings. The minimum absolute atomic E-state index is 0.201. The summed E-state index contributed by atoms with van der Waals surface area (Å²) in [7, 11) is 1.67. The van der Waals surface area contributed by atoms with Crippen molar-refractivity contribution < 1.29 is 28.5 Å². The van der Waals surface area contributed by atoms with Crippen molar-refractivity contribution in [2.75, 3.05) is 7.11 Å². The van der Waals surface area contributed by atoms with Crippen LogP contribution in [0.1, 0.15) is 87.3 Å². The van der Waals surface area contributed by atoms with Gasteiger partial charge < -0.3 is 18.9 Å². The van der Waals surface area contributed by atoms with Crippen LogP contribution in [0, 0.1) is 13.8 Å². The highest BCUT2D eigenvalue weighted by atomic mass is 16.7. The van der Waals surface area contributed by atoms with Crippen LogP contribution in [0.25, 0.3) is 11.1 Å². The fourth-order valence-electron chi connectivity index (χ4n) is 6.02. The van der Waals surface area contributed by atoms with Crippen LogP contribution in [0.3, 0.4) is 0 Å². The molecule has 6 nitrogen and oxygen atoms in total. The average Bonchev–Trinajstić information content (AvgIpc) is 3.05. The highest BCUT2D eigenvalue weighted by Crippen LogP contribution is 2.39. The molecule has 46 heavy (non-hydrogen) atoms. The summed E-state index contributed by atoms with van der Waals surface area (Å²) in [4.78, 5) is 24.7. The van der Waals surface area contributed by atoms with Gasteiger partial charge in [-0.15, -0.1) is 0 Å². The van der Waals surface area contributed by atoms with E-state index in [9.17, 15) is 9.59 Å². The molecule has 0 heterocycles. The second-order valence-corrected chi connectivity index (χ2v) is 12.0. The first-order valence-electron chi connectivity index (χ1n) is 16.1. The lowest BCUT2D eigenvalue weighted by Crippen LogP contribution is -2.23. The van der Waals surface area contributed by atoms with Crippen LogP contribution in [-0.4, -0.2) is 19.2 Å². The van der Waals surface area contributed by atoms with E-state index >= 15 is 0 Å². The molecule has 242 valence electrons. The summed E-state index contributed by atoms with van der Waals surface area (Å²) >= 11 is 0. The smallest absolute Gasteiger partial charge is 0.497 e. The summed E-state index contributed by atoms with van der Waals surface area (Å²) in [5.74, 6) is 2.04. The van der Waals surface area contributed by atoms with Gasteiger partial charge in [0.2, 0.25) is 0 Å². The highest BCUT2D eigenvalue weighted by molar-refractivity contribution is 5.75. The number of rotatable bonds is 12. The molecule has 1 unspecified atom stereocenters. The van der Waals surface area contributed by atoms with E-state index in [0.717, 1.165) is 70.4 Å². The van der Waals surface area contributed by atoms with Gasteiger partial charge in [-0.25, -0.2) is 4.79 Å². The monoisotopic (exact) mass is 622 g/mol. The van der Waals surface area contributed by atoms with Crippen LogP contribution < -0.4 is 18.9 Å². The fourth-order valence-corrected chi connectivity index (χ4v) is 6.02. The van der Waals surface area contributed by atoms with Crippen molar-refractivity contribution in [3.63, 3.8) is 0 Å². The van der Waals surface area contributed by atoms with E-state index in [2.05, 4.69) is 32.0 Å². The van der Waals surface area contributed by atoms with Gasteiger partial charge in [0.15, 0.2) is 0 Å². The number of carbonyl (C=O) groups is 2. The zero-order chi connectivity index (χ0) is 33.4. The van der Waals surface area contributed by atoms with Crippen molar-refractivity contribution in [2.45, 2.75) is 86.0 Å². The summed E-state index contributed by atoms with van der Waals surface area (Å²) in [6.45, 7) is 13.8. The third-order valence-corrected chi connectivity index (χ3v) is 8.68. The van der Waals surface area contributed by atoms with Crippen molar-refractivity contribution in [3.8, 4) is 34.1 Å². The predicted octanol–water partition coefficient (Wildman–Crippen LogP) is 10.1. The average molecular weight is 623 g/mol. The molecule has 0 aliphatic carbocycles. The second kappa shape index (κ2) is 15.1. The maximum absolute atomic E-state index is 13.0. The van der Waals surface area contributed by atoms with Crippen molar-refractivity contribution in [2.24, 2.45) is 0 Å². The van der Waals surface area contributed by atoms with Crippen molar-refractivity contribution in [1.82, 2.24) is 0 Å². The lowest BCUT2D eigenvalue weighted by atomic mass is 9.73. The number of hydrogen-bond acceptors (Lipinski definition) is 6. The van der Waals surface area contributed by atoms with Gasteiger partial charge in [-0.2, -0.15) is 0 Å². The zero-order valence-corrected chi connectivity index (χ0v) is 28.4. The molecule has 0 N–H and O–H groups in total. The van der Waals surface area contributed by atoms with Gasteiger partial charge >= 0.3 is 12.1 Å². The Kier molecular flexibility index (Phi) is 11.3. The molecule has 0 aliphatic heterocycles. The SMILES string of the molecule is CCCCC(C)(c1ccc(OC)cc1)c1ccc(OC(=O)Oc2c(C)cc(-c3cc(C)c(OC(C)=O)c(CC)c3)cc2CC)cc1. The number of aryl methyl sites for hydroxylation is 4. The molecule has 0 aliphatic rings. The van der Waals surface area contributed by atoms with Gasteiger partial charge in [0, 0.05) is 12.3 Å². The first-order chi connectivity index (χ1) is 22.0. The Morgan fingerprint density at radius 3 is 1.59 bits per heavy atom. The summed E-state index contributed by atoms with van der Waals surface area (Å²) in [6.07, 6.45) is 3.79. The number of unbranched alkanes of at least 4 members (excludes halogenated alkanes) is 1. The molecule has 0 amide bonds. The molecule has 1 atom stereocenters. The summed E-state index contributed by atoms with van der Waals surface area (Å²) in [5, 5.41) is 0. The largest absolute Gasteiger partial charge is 0.519 e. The van der Waals surface area contributed by atoms with Gasteiger partial charge in [-0.1, -0.05) is 64.8 Å². The number of methoxy groups -OCH3 is 1. The summed E-state index contributed by atoms with van der Waals surface area (Å²) < 4.78 is 22.3. The van der Waals surface area contributed by atoms with Gasteiger partial charge in [0.1, 0.15) is 23.0 Å². The van der Waals surface area contributed by atoms with Gasteiger partial charge in [0.25, 0.3) is 0 Å². The predicted molar refractivity (Wildman–Crippen MR) is 183 cm³/mol. The lowest BCUT2D eigenvalue weighted by Gasteiger charge is -2.31. The standard InChI is InChI=1S/C40H46O6/c1-9-12-21-40(7,33-13-17-35(43-8)18-14-33)34-15-19-36(20-16-34)45-39(42)46-38-27(5)23-32(25-30(38)11-3)31-22-26(4)37(44-28(6)41)29(10-2)24-31/h13-20,22-25H,9-12,21H2,1-8H3. The first kappa shape index (κ1) is 34.3. The molecular formula is C40H46O6. The van der Waals surface area contributed by atoms with Crippen LogP contribution in [0.15, 0.2) is 72.8 Å². The maximum Gasteiger partial charge on any atom is 0.519 e. The minimum Gasteiger partial charge on any atom is -0.497 e. The van der Waals surface area contributed by atoms with Gasteiger partial charge in [0.05, 0.1) is 7.11 Å². The minimum atomic E-state index is -0.781. The quantitative estimate of drug-likeness (QED) is 0.0890. The Hall–Kier alpha value is -4.58. The van der Waals surface area contributed by atoms with Crippen LogP contribution in [0.2, 0.25) is 0 Å². The molecule has 6 heteroatoms. The van der Waals surface area contributed by atoms with E-state index in [1.165, 1.54) is 12.5 Å². The Labute approximate surface area is 273 Å². The Morgan fingerprint density at radius 2 is 1.15 bits per heavy atom. The molecule has 0 saturated heterocycles. The van der Waals surface area contributed by atoms with E-state index in [1.54, 1.807) is 7.11 Å². The first-order valence-corrected chi connectivity index (χ1v) is 16.1. The van der Waals surface area contributed by atoms with Crippen LogP contribution in [0.4, 0.5) is 4.79 Å². The van der Waals surface area contributed by atoms with Gasteiger partial charge in [-0.05, 0) is 126 Å². The van der Waals surface area contributed by atoms with E-state index in [-0.39, 0.29) is 11.4 Å². The molecule has 0 saturated carbocycles. The topological polar surface area (TPSA) is 71.1 Å². The van der Waals surface area contributed by atoms with Crippen molar-refractivity contribution in [1.29, 1.82) is 0 Å². The van der Waals surface area contributed by atoms with Gasteiger partial charge in [-0.3, -0.25) is 4.79 Å². The number of ether oxygens (including phenoxy) is 4. The van der Waals surface area contributed by atoms with Crippen molar-refractivity contribution in [3.05, 3.63) is 106 Å². The lowest BCUT2D eigenvalue weighted by molar-refractivity contribution is -0.132. The maximum atomic E-state index is 13.0. The molecule has 0 bridgehead atoms. The van der Waals surface area contributed by atoms with E-state index in [1.807, 2.05) is 82.3 Å². The second-order valence-electron chi connectivity index (χ2n) is 12.0. The van der Waals surface area contributed by atoms with Crippen LogP contribution in [0.5, 0.6) is 23.0 Å². The fraction of sp³-hybridized carbons (Fsp3) is 0.350.